The lowest BCUT2D eigenvalue weighted by Gasteiger charge is -2.04. The zero-order valence-corrected chi connectivity index (χ0v) is 12.9. The maximum Gasteiger partial charge on any atom is 0.185 e. The summed E-state index contributed by atoms with van der Waals surface area (Å²) in [4.78, 5) is 12.1. The molecule has 0 fully saturated rings. The summed E-state index contributed by atoms with van der Waals surface area (Å²) in [6, 6.07) is 14.2. The van der Waals surface area contributed by atoms with E-state index in [0.717, 1.165) is 10.0 Å². The van der Waals surface area contributed by atoms with Gasteiger partial charge >= 0.3 is 0 Å². The SMILES string of the molecule is COc1ccc(Br)cc1/C=C/C(=O)c1cccc(C#N)c1. The Balaban J connectivity index is 2.27. The minimum absolute atomic E-state index is 0.158. The second kappa shape index (κ2) is 6.87. The molecule has 0 heterocycles. The summed E-state index contributed by atoms with van der Waals surface area (Å²) in [5.74, 6) is 0.530. The molecule has 0 spiro atoms. The van der Waals surface area contributed by atoms with E-state index < -0.39 is 0 Å². The molecule has 2 rings (SSSR count). The van der Waals surface area contributed by atoms with Crippen molar-refractivity contribution in [1.82, 2.24) is 0 Å². The fourth-order valence-electron chi connectivity index (χ4n) is 1.84. The molecule has 2 aromatic carbocycles. The van der Waals surface area contributed by atoms with E-state index in [1.165, 1.54) is 6.08 Å². The minimum Gasteiger partial charge on any atom is -0.496 e. The highest BCUT2D eigenvalue weighted by Gasteiger charge is 2.04. The minimum atomic E-state index is -0.158. The Morgan fingerprint density at radius 3 is 2.81 bits per heavy atom. The topological polar surface area (TPSA) is 50.1 Å². The largest absolute Gasteiger partial charge is 0.496 e. The van der Waals surface area contributed by atoms with Crippen molar-refractivity contribution in [2.75, 3.05) is 7.11 Å². The van der Waals surface area contributed by atoms with Crippen LogP contribution in [0.3, 0.4) is 0 Å². The summed E-state index contributed by atoms with van der Waals surface area (Å²) in [6.45, 7) is 0. The molecule has 0 bridgehead atoms. The number of hydrogen-bond acceptors (Lipinski definition) is 3. The van der Waals surface area contributed by atoms with Crippen molar-refractivity contribution in [2.45, 2.75) is 0 Å². The average Bonchev–Trinajstić information content (AvgIpc) is 2.52. The molecule has 0 aliphatic heterocycles. The number of allylic oxidation sites excluding steroid dienone is 1. The summed E-state index contributed by atoms with van der Waals surface area (Å²) in [5.41, 5.74) is 1.75. The van der Waals surface area contributed by atoms with Crippen molar-refractivity contribution in [3.05, 3.63) is 69.7 Å². The Labute approximate surface area is 131 Å². The van der Waals surface area contributed by atoms with Crippen molar-refractivity contribution >= 4 is 27.8 Å². The van der Waals surface area contributed by atoms with Gasteiger partial charge in [0.15, 0.2) is 5.78 Å². The van der Waals surface area contributed by atoms with Crippen LogP contribution in [0.25, 0.3) is 6.08 Å². The van der Waals surface area contributed by atoms with Crippen LogP contribution in [0.4, 0.5) is 0 Å². The smallest absolute Gasteiger partial charge is 0.185 e. The van der Waals surface area contributed by atoms with Crippen LogP contribution in [0.5, 0.6) is 5.75 Å². The van der Waals surface area contributed by atoms with Gasteiger partial charge in [-0.15, -0.1) is 0 Å². The fraction of sp³-hybridized carbons (Fsp3) is 0.0588. The molecule has 0 saturated heterocycles. The van der Waals surface area contributed by atoms with Gasteiger partial charge in [-0.1, -0.05) is 28.1 Å². The van der Waals surface area contributed by atoms with E-state index in [0.29, 0.717) is 16.9 Å². The van der Waals surface area contributed by atoms with Crippen molar-refractivity contribution in [1.29, 1.82) is 5.26 Å². The second-order valence-corrected chi connectivity index (χ2v) is 5.19. The molecule has 0 saturated carbocycles. The first-order chi connectivity index (χ1) is 10.1. The second-order valence-electron chi connectivity index (χ2n) is 4.28. The molecule has 0 radical (unpaired) electrons. The molecule has 0 aliphatic rings. The van der Waals surface area contributed by atoms with E-state index >= 15 is 0 Å². The first-order valence-electron chi connectivity index (χ1n) is 6.20. The Kier molecular flexibility index (Phi) is 4.91. The molecular weight excluding hydrogens is 330 g/mol. The highest BCUT2D eigenvalue weighted by Crippen LogP contribution is 2.24. The Morgan fingerprint density at radius 1 is 1.29 bits per heavy atom. The van der Waals surface area contributed by atoms with Gasteiger partial charge in [-0.3, -0.25) is 4.79 Å². The first-order valence-corrected chi connectivity index (χ1v) is 6.99. The number of benzene rings is 2. The number of hydrogen-bond donors (Lipinski definition) is 0. The van der Waals surface area contributed by atoms with Gasteiger partial charge < -0.3 is 4.74 Å². The van der Waals surface area contributed by atoms with E-state index in [2.05, 4.69) is 15.9 Å². The lowest BCUT2D eigenvalue weighted by molar-refractivity contribution is 0.104. The zero-order valence-electron chi connectivity index (χ0n) is 11.3. The lowest BCUT2D eigenvalue weighted by atomic mass is 10.1. The average molecular weight is 342 g/mol. The number of nitrogens with zero attached hydrogens (tertiary/aromatic N) is 1. The van der Waals surface area contributed by atoms with Crippen molar-refractivity contribution in [3.63, 3.8) is 0 Å². The van der Waals surface area contributed by atoms with Gasteiger partial charge in [0.2, 0.25) is 0 Å². The molecule has 0 unspecified atom stereocenters. The number of carbonyl (C=O) groups is 1. The molecule has 3 nitrogen and oxygen atoms in total. The summed E-state index contributed by atoms with van der Waals surface area (Å²) >= 11 is 3.39. The third-order valence-corrected chi connectivity index (χ3v) is 3.38. The number of ether oxygens (including phenoxy) is 1. The normalized spacial score (nSPS) is 10.3. The zero-order chi connectivity index (χ0) is 15.2. The van der Waals surface area contributed by atoms with Gasteiger partial charge in [0.05, 0.1) is 18.7 Å². The molecule has 104 valence electrons. The number of ketones is 1. The summed E-state index contributed by atoms with van der Waals surface area (Å²) in [5, 5.41) is 8.85. The van der Waals surface area contributed by atoms with Crippen LogP contribution in [0, 0.1) is 11.3 Å². The van der Waals surface area contributed by atoms with Gasteiger partial charge in [-0.2, -0.15) is 5.26 Å². The summed E-state index contributed by atoms with van der Waals surface area (Å²) in [7, 11) is 1.58. The molecule has 0 atom stereocenters. The highest BCUT2D eigenvalue weighted by atomic mass is 79.9. The number of rotatable bonds is 4. The number of carbonyl (C=O) groups excluding carboxylic acids is 1. The van der Waals surface area contributed by atoms with E-state index in [9.17, 15) is 4.79 Å². The Morgan fingerprint density at radius 2 is 2.10 bits per heavy atom. The van der Waals surface area contributed by atoms with Gasteiger partial charge in [0, 0.05) is 15.6 Å². The Hall–Kier alpha value is -2.38. The first kappa shape index (κ1) is 15.0. The molecule has 0 N–H and O–H groups in total. The number of methoxy groups -OCH3 is 1. The molecular formula is C17H12BrNO2. The standard InChI is InChI=1S/C17H12BrNO2/c1-21-17-8-6-15(18)10-14(17)5-7-16(20)13-4-2-3-12(9-13)11-19/h2-10H,1H3/b7-5+. The van der Waals surface area contributed by atoms with Gasteiger partial charge in [0.1, 0.15) is 5.75 Å². The van der Waals surface area contributed by atoms with Crippen molar-refractivity contribution < 1.29 is 9.53 Å². The molecule has 4 heteroatoms. The molecule has 2 aromatic rings. The number of nitriles is 1. The van der Waals surface area contributed by atoms with Crippen LogP contribution in [0.15, 0.2) is 53.0 Å². The monoisotopic (exact) mass is 341 g/mol. The summed E-state index contributed by atoms with van der Waals surface area (Å²) in [6.07, 6.45) is 3.17. The van der Waals surface area contributed by atoms with Gasteiger partial charge in [0.25, 0.3) is 0 Å². The van der Waals surface area contributed by atoms with Crippen LogP contribution in [-0.2, 0) is 0 Å². The van der Waals surface area contributed by atoms with Gasteiger partial charge in [-0.25, -0.2) is 0 Å². The maximum atomic E-state index is 12.1. The van der Waals surface area contributed by atoms with Crippen LogP contribution in [-0.4, -0.2) is 12.9 Å². The molecule has 0 aromatic heterocycles. The lowest BCUT2D eigenvalue weighted by Crippen LogP contribution is -1.95. The van der Waals surface area contributed by atoms with Gasteiger partial charge in [-0.05, 0) is 42.5 Å². The van der Waals surface area contributed by atoms with Crippen molar-refractivity contribution in [3.8, 4) is 11.8 Å². The predicted molar refractivity (Wildman–Crippen MR) is 85.2 cm³/mol. The van der Waals surface area contributed by atoms with E-state index in [-0.39, 0.29) is 5.78 Å². The number of halogens is 1. The summed E-state index contributed by atoms with van der Waals surface area (Å²) < 4.78 is 6.15. The molecule has 21 heavy (non-hydrogen) atoms. The van der Waals surface area contributed by atoms with Crippen LogP contribution < -0.4 is 4.74 Å². The molecule has 0 amide bonds. The Bertz CT molecular complexity index is 745. The van der Waals surface area contributed by atoms with E-state index in [4.69, 9.17) is 10.00 Å². The fourth-order valence-corrected chi connectivity index (χ4v) is 2.22. The van der Waals surface area contributed by atoms with E-state index in [1.54, 1.807) is 37.5 Å². The van der Waals surface area contributed by atoms with Crippen molar-refractivity contribution in [2.24, 2.45) is 0 Å². The maximum absolute atomic E-state index is 12.1. The van der Waals surface area contributed by atoms with Crippen LogP contribution >= 0.6 is 15.9 Å². The van der Waals surface area contributed by atoms with Crippen LogP contribution in [0.1, 0.15) is 21.5 Å². The third-order valence-electron chi connectivity index (χ3n) is 2.88. The van der Waals surface area contributed by atoms with E-state index in [1.807, 2.05) is 24.3 Å². The highest BCUT2D eigenvalue weighted by molar-refractivity contribution is 9.10. The quantitative estimate of drug-likeness (QED) is 0.617. The van der Waals surface area contributed by atoms with Crippen LogP contribution in [0.2, 0.25) is 0 Å². The third kappa shape index (κ3) is 3.80. The predicted octanol–water partition coefficient (Wildman–Crippen LogP) is 4.23. The molecule has 0 aliphatic carbocycles.